The second-order valence-electron chi connectivity index (χ2n) is 8.40. The van der Waals surface area contributed by atoms with Crippen molar-refractivity contribution in [3.8, 4) is 11.5 Å². The van der Waals surface area contributed by atoms with Gasteiger partial charge in [-0.15, -0.1) is 11.3 Å². The number of hydrogen-bond donors (Lipinski definition) is 1. The number of thiazole rings is 1. The maximum atomic E-state index is 13.1. The SMILES string of the molecule is COc1ccc(CNC(=O)c2csc(C3CCN(C(=O)Cc4ccc(F)cc4)CC3)n2)cc1OC. The van der Waals surface area contributed by atoms with Gasteiger partial charge in [0.25, 0.3) is 5.91 Å². The maximum absolute atomic E-state index is 13.1. The van der Waals surface area contributed by atoms with E-state index in [2.05, 4.69) is 10.3 Å². The highest BCUT2D eigenvalue weighted by Crippen LogP contribution is 2.31. The highest BCUT2D eigenvalue weighted by atomic mass is 32.1. The van der Waals surface area contributed by atoms with E-state index < -0.39 is 0 Å². The molecule has 1 aliphatic heterocycles. The van der Waals surface area contributed by atoms with Gasteiger partial charge in [-0.1, -0.05) is 18.2 Å². The van der Waals surface area contributed by atoms with E-state index in [9.17, 15) is 14.0 Å². The molecule has 2 amide bonds. The standard InChI is InChI=1S/C26H28FN3O4S/c1-33-22-8-5-18(13-23(22)34-2)15-28-25(32)21-16-35-26(29-21)19-9-11-30(12-10-19)24(31)14-17-3-6-20(27)7-4-17/h3-8,13,16,19H,9-12,14-15H2,1-2H3,(H,28,32). The van der Waals surface area contributed by atoms with Crippen LogP contribution in [0.5, 0.6) is 11.5 Å². The van der Waals surface area contributed by atoms with Crippen LogP contribution in [0.3, 0.4) is 0 Å². The molecular weight excluding hydrogens is 469 g/mol. The Morgan fingerprint density at radius 3 is 2.43 bits per heavy atom. The number of likely N-dealkylation sites (tertiary alicyclic amines) is 1. The first-order valence-corrected chi connectivity index (χ1v) is 12.3. The van der Waals surface area contributed by atoms with Crippen LogP contribution >= 0.6 is 11.3 Å². The lowest BCUT2D eigenvalue weighted by Gasteiger charge is -2.31. The van der Waals surface area contributed by atoms with Crippen LogP contribution in [0.2, 0.25) is 0 Å². The number of halogens is 1. The Morgan fingerprint density at radius 1 is 1.06 bits per heavy atom. The Bertz CT molecular complexity index is 1170. The molecular formula is C26H28FN3O4S. The average Bonchev–Trinajstić information content (AvgIpc) is 3.39. The van der Waals surface area contributed by atoms with E-state index in [0.717, 1.165) is 29.0 Å². The fourth-order valence-corrected chi connectivity index (χ4v) is 5.08. The van der Waals surface area contributed by atoms with E-state index >= 15 is 0 Å². The van der Waals surface area contributed by atoms with Crippen LogP contribution in [0, 0.1) is 5.82 Å². The number of methoxy groups -OCH3 is 2. The molecule has 2 aromatic carbocycles. The van der Waals surface area contributed by atoms with Crippen molar-refractivity contribution >= 4 is 23.2 Å². The van der Waals surface area contributed by atoms with Gasteiger partial charge >= 0.3 is 0 Å². The Labute approximate surface area is 207 Å². The Hall–Kier alpha value is -3.46. The monoisotopic (exact) mass is 497 g/mol. The minimum Gasteiger partial charge on any atom is -0.493 e. The van der Waals surface area contributed by atoms with E-state index in [-0.39, 0.29) is 30.0 Å². The Balaban J connectivity index is 1.27. The summed E-state index contributed by atoms with van der Waals surface area (Å²) in [7, 11) is 3.15. The smallest absolute Gasteiger partial charge is 0.271 e. The zero-order valence-electron chi connectivity index (χ0n) is 19.8. The number of carbonyl (C=O) groups is 2. The van der Waals surface area contributed by atoms with Crippen LogP contribution in [0.1, 0.15) is 45.4 Å². The van der Waals surface area contributed by atoms with Gasteiger partial charge in [0, 0.05) is 30.9 Å². The molecule has 1 fully saturated rings. The van der Waals surface area contributed by atoms with Crippen molar-refractivity contribution in [2.45, 2.75) is 31.7 Å². The quantitative estimate of drug-likeness (QED) is 0.505. The highest BCUT2D eigenvalue weighted by Gasteiger charge is 2.26. The maximum Gasteiger partial charge on any atom is 0.271 e. The number of rotatable bonds is 8. The molecule has 0 spiro atoms. The fourth-order valence-electron chi connectivity index (χ4n) is 4.11. The number of nitrogens with zero attached hydrogens (tertiary/aromatic N) is 2. The topological polar surface area (TPSA) is 80.8 Å². The molecule has 1 aromatic heterocycles. The molecule has 0 atom stereocenters. The predicted molar refractivity (Wildman–Crippen MR) is 131 cm³/mol. The first-order valence-electron chi connectivity index (χ1n) is 11.4. The van der Waals surface area contributed by atoms with Crippen molar-refractivity contribution in [1.82, 2.24) is 15.2 Å². The number of benzene rings is 2. The van der Waals surface area contributed by atoms with Crippen molar-refractivity contribution in [2.75, 3.05) is 27.3 Å². The van der Waals surface area contributed by atoms with Crippen molar-refractivity contribution < 1.29 is 23.5 Å². The molecule has 35 heavy (non-hydrogen) atoms. The third-order valence-corrected chi connectivity index (χ3v) is 7.13. The van der Waals surface area contributed by atoms with E-state index in [1.54, 1.807) is 37.8 Å². The number of ether oxygens (including phenoxy) is 2. The van der Waals surface area contributed by atoms with Gasteiger partial charge in [0.15, 0.2) is 11.5 Å². The second kappa shape index (κ2) is 11.3. The van der Waals surface area contributed by atoms with Gasteiger partial charge in [0.05, 0.1) is 25.6 Å². The third kappa shape index (κ3) is 6.16. The molecule has 0 radical (unpaired) electrons. The molecule has 4 rings (SSSR count). The molecule has 184 valence electrons. The number of piperidine rings is 1. The van der Waals surface area contributed by atoms with E-state index in [0.29, 0.717) is 36.8 Å². The lowest BCUT2D eigenvalue weighted by Crippen LogP contribution is -2.38. The summed E-state index contributed by atoms with van der Waals surface area (Å²) in [6.07, 6.45) is 1.87. The minimum absolute atomic E-state index is 0.0458. The molecule has 1 saturated heterocycles. The van der Waals surface area contributed by atoms with Crippen molar-refractivity contribution in [1.29, 1.82) is 0 Å². The average molecular weight is 498 g/mol. The number of carbonyl (C=O) groups excluding carboxylic acids is 2. The summed E-state index contributed by atoms with van der Waals surface area (Å²) in [4.78, 5) is 31.7. The van der Waals surface area contributed by atoms with Crippen LogP contribution in [-0.4, -0.2) is 49.0 Å². The molecule has 0 bridgehead atoms. The Kier molecular flexibility index (Phi) is 7.97. The van der Waals surface area contributed by atoms with E-state index in [1.165, 1.54) is 23.5 Å². The van der Waals surface area contributed by atoms with Gasteiger partial charge in [-0.2, -0.15) is 0 Å². The number of amides is 2. The van der Waals surface area contributed by atoms with Crippen molar-refractivity contribution in [2.24, 2.45) is 0 Å². The molecule has 7 nitrogen and oxygen atoms in total. The van der Waals surface area contributed by atoms with Gasteiger partial charge in [0.2, 0.25) is 5.91 Å². The molecule has 1 aliphatic rings. The van der Waals surface area contributed by atoms with Crippen molar-refractivity contribution in [3.05, 3.63) is 75.5 Å². The molecule has 0 aliphatic carbocycles. The predicted octanol–water partition coefficient (Wildman–Crippen LogP) is 4.18. The summed E-state index contributed by atoms with van der Waals surface area (Å²) in [6.45, 7) is 1.64. The van der Waals surface area contributed by atoms with Crippen LogP contribution in [0.15, 0.2) is 47.8 Å². The lowest BCUT2D eigenvalue weighted by molar-refractivity contribution is -0.131. The summed E-state index contributed by atoms with van der Waals surface area (Å²) < 4.78 is 23.6. The van der Waals surface area contributed by atoms with E-state index in [1.807, 2.05) is 17.0 Å². The summed E-state index contributed by atoms with van der Waals surface area (Å²) in [5.41, 5.74) is 2.10. The first-order chi connectivity index (χ1) is 17.0. The first kappa shape index (κ1) is 24.7. The Morgan fingerprint density at radius 2 is 1.74 bits per heavy atom. The summed E-state index contributed by atoms with van der Waals surface area (Å²) in [6, 6.07) is 11.5. The molecule has 2 heterocycles. The summed E-state index contributed by atoms with van der Waals surface area (Å²) in [5.74, 6) is 0.980. The highest BCUT2D eigenvalue weighted by molar-refractivity contribution is 7.09. The molecule has 1 N–H and O–H groups in total. The number of nitrogens with one attached hydrogen (secondary N) is 1. The largest absolute Gasteiger partial charge is 0.493 e. The zero-order valence-corrected chi connectivity index (χ0v) is 20.6. The number of hydrogen-bond acceptors (Lipinski definition) is 6. The van der Waals surface area contributed by atoms with Crippen LogP contribution in [0.25, 0.3) is 0 Å². The van der Waals surface area contributed by atoms with Gasteiger partial charge in [0.1, 0.15) is 11.5 Å². The third-order valence-electron chi connectivity index (χ3n) is 6.12. The van der Waals surface area contributed by atoms with Gasteiger partial charge < -0.3 is 19.7 Å². The molecule has 0 saturated carbocycles. The van der Waals surface area contributed by atoms with Crippen LogP contribution in [-0.2, 0) is 17.8 Å². The van der Waals surface area contributed by atoms with Gasteiger partial charge in [-0.3, -0.25) is 9.59 Å². The zero-order chi connectivity index (χ0) is 24.8. The molecule has 9 heteroatoms. The van der Waals surface area contributed by atoms with Crippen LogP contribution < -0.4 is 14.8 Å². The van der Waals surface area contributed by atoms with E-state index in [4.69, 9.17) is 9.47 Å². The lowest BCUT2D eigenvalue weighted by atomic mass is 9.97. The van der Waals surface area contributed by atoms with Gasteiger partial charge in [-0.05, 0) is 48.2 Å². The summed E-state index contributed by atoms with van der Waals surface area (Å²) in [5, 5.41) is 5.61. The minimum atomic E-state index is -0.306. The normalized spacial score (nSPS) is 14.0. The van der Waals surface area contributed by atoms with Crippen molar-refractivity contribution in [3.63, 3.8) is 0 Å². The van der Waals surface area contributed by atoms with Crippen LogP contribution in [0.4, 0.5) is 4.39 Å². The molecule has 0 unspecified atom stereocenters. The second-order valence-corrected chi connectivity index (χ2v) is 9.29. The van der Waals surface area contributed by atoms with Gasteiger partial charge in [-0.25, -0.2) is 9.37 Å². The summed E-state index contributed by atoms with van der Waals surface area (Å²) >= 11 is 1.48. The molecule has 3 aromatic rings. The number of aromatic nitrogens is 1. The fraction of sp³-hybridized carbons (Fsp3) is 0.346.